The Bertz CT molecular complexity index is 1270. The average molecular weight is 526 g/mol. The number of fused-ring (bicyclic) bond motifs is 1. The van der Waals surface area contributed by atoms with Gasteiger partial charge in [0.1, 0.15) is 5.84 Å². The Morgan fingerprint density at radius 3 is 1.78 bits per heavy atom. The standard InChI is InChI=1S/C21H18N2.2C2HF3O2/c22-21(23)20-13-12-18-14-17(10-11-19(18)15-20)9-5-4-8-16-6-2-1-3-7-16;2*3-2(4,5)1(6)7/h1-3,6-7,10-15H,4,8H2,(H3,22,23);2*(H,6,7). The number of hydrogen-bond donors (Lipinski definition) is 4. The number of carboxylic acids is 2. The van der Waals surface area contributed by atoms with Crippen molar-refractivity contribution in [1.82, 2.24) is 0 Å². The fourth-order valence-electron chi connectivity index (χ4n) is 2.51. The normalized spacial score (nSPS) is 10.5. The van der Waals surface area contributed by atoms with Gasteiger partial charge in [-0.1, -0.05) is 60.4 Å². The van der Waals surface area contributed by atoms with Gasteiger partial charge in [0, 0.05) is 17.5 Å². The largest absolute Gasteiger partial charge is 0.490 e. The van der Waals surface area contributed by atoms with Crippen molar-refractivity contribution in [1.29, 1.82) is 5.41 Å². The molecule has 0 saturated carbocycles. The predicted octanol–water partition coefficient (Wildman–Crippen LogP) is 5.37. The Hall–Kier alpha value is -4.53. The van der Waals surface area contributed by atoms with Gasteiger partial charge in [-0.2, -0.15) is 26.3 Å². The lowest BCUT2D eigenvalue weighted by Gasteiger charge is -2.02. The summed E-state index contributed by atoms with van der Waals surface area (Å²) in [5, 5.41) is 23.9. The number of nitrogens with one attached hydrogen (secondary N) is 1. The van der Waals surface area contributed by atoms with Gasteiger partial charge in [-0.3, -0.25) is 5.41 Å². The van der Waals surface area contributed by atoms with Crippen LogP contribution < -0.4 is 5.73 Å². The molecule has 3 rings (SSSR count). The van der Waals surface area contributed by atoms with Crippen LogP contribution in [0.2, 0.25) is 0 Å². The third-order valence-corrected chi connectivity index (χ3v) is 4.25. The van der Waals surface area contributed by atoms with Crippen LogP contribution >= 0.6 is 0 Å². The predicted molar refractivity (Wildman–Crippen MR) is 124 cm³/mol. The molecular weight excluding hydrogens is 506 g/mol. The van der Waals surface area contributed by atoms with Crippen molar-refractivity contribution in [3.63, 3.8) is 0 Å². The monoisotopic (exact) mass is 526 g/mol. The summed E-state index contributed by atoms with van der Waals surface area (Å²) in [6, 6.07) is 22.3. The zero-order chi connectivity index (χ0) is 28.2. The summed E-state index contributed by atoms with van der Waals surface area (Å²) in [5.41, 5.74) is 8.61. The van der Waals surface area contributed by atoms with E-state index in [0.717, 1.165) is 34.7 Å². The number of benzene rings is 3. The molecular formula is C25H20F6N2O4. The summed E-state index contributed by atoms with van der Waals surface area (Å²) in [7, 11) is 0. The van der Waals surface area contributed by atoms with Gasteiger partial charge < -0.3 is 15.9 Å². The molecule has 3 aromatic carbocycles. The zero-order valence-corrected chi connectivity index (χ0v) is 18.8. The SMILES string of the molecule is N=C(N)c1ccc2cc(C#CCCc3ccccc3)ccc2c1.O=C(O)C(F)(F)F.O=C(O)C(F)(F)F. The smallest absolute Gasteiger partial charge is 0.475 e. The molecule has 6 nitrogen and oxygen atoms in total. The molecule has 196 valence electrons. The number of nitrogens with two attached hydrogens (primary N) is 1. The Labute approximate surface area is 206 Å². The maximum atomic E-state index is 10.6. The second-order valence-corrected chi connectivity index (χ2v) is 7.08. The van der Waals surface area contributed by atoms with Crippen LogP contribution in [0.25, 0.3) is 10.8 Å². The molecule has 5 N–H and O–H groups in total. The van der Waals surface area contributed by atoms with E-state index in [1.165, 1.54) is 5.56 Å². The van der Waals surface area contributed by atoms with Crippen molar-refractivity contribution in [2.45, 2.75) is 25.2 Å². The second-order valence-electron chi connectivity index (χ2n) is 7.08. The lowest BCUT2D eigenvalue weighted by Crippen LogP contribution is -2.21. The molecule has 0 aliphatic carbocycles. The van der Waals surface area contributed by atoms with Crippen molar-refractivity contribution >= 4 is 28.5 Å². The van der Waals surface area contributed by atoms with Crippen LogP contribution in [0.5, 0.6) is 0 Å². The molecule has 0 amide bonds. The Morgan fingerprint density at radius 2 is 1.30 bits per heavy atom. The molecule has 0 heterocycles. The molecule has 3 aromatic rings. The first kappa shape index (κ1) is 30.5. The minimum Gasteiger partial charge on any atom is -0.475 e. The summed E-state index contributed by atoms with van der Waals surface area (Å²) < 4.78 is 63.5. The molecule has 37 heavy (non-hydrogen) atoms. The number of amidine groups is 1. The van der Waals surface area contributed by atoms with Crippen LogP contribution in [0.15, 0.2) is 66.7 Å². The van der Waals surface area contributed by atoms with Crippen LogP contribution in [0.4, 0.5) is 26.3 Å². The summed E-state index contributed by atoms with van der Waals surface area (Å²) >= 11 is 0. The minimum atomic E-state index is -5.08. The van der Waals surface area contributed by atoms with Gasteiger partial charge in [0.2, 0.25) is 0 Å². The number of nitrogen functional groups attached to an aromatic ring is 1. The lowest BCUT2D eigenvalue weighted by molar-refractivity contribution is -0.193. The van der Waals surface area contributed by atoms with Crippen LogP contribution in [0.1, 0.15) is 23.1 Å². The van der Waals surface area contributed by atoms with E-state index in [4.69, 9.17) is 30.9 Å². The van der Waals surface area contributed by atoms with Crippen molar-refractivity contribution < 1.29 is 46.1 Å². The van der Waals surface area contributed by atoms with Gasteiger partial charge >= 0.3 is 24.3 Å². The Kier molecular flexibility index (Phi) is 11.2. The summed E-state index contributed by atoms with van der Waals surface area (Å²) in [5.74, 6) is 1.05. The molecule has 0 atom stereocenters. The number of halogens is 6. The first-order chi connectivity index (χ1) is 17.1. The van der Waals surface area contributed by atoms with Gasteiger partial charge in [-0.05, 0) is 41.0 Å². The molecule has 12 heteroatoms. The number of carbonyl (C=O) groups is 2. The summed E-state index contributed by atoms with van der Waals surface area (Å²) in [4.78, 5) is 17.8. The third-order valence-electron chi connectivity index (χ3n) is 4.25. The maximum absolute atomic E-state index is 10.6. The number of aryl methyl sites for hydroxylation is 1. The van der Waals surface area contributed by atoms with Crippen LogP contribution in [0.3, 0.4) is 0 Å². The Morgan fingerprint density at radius 1 is 0.811 bits per heavy atom. The lowest BCUT2D eigenvalue weighted by atomic mass is 10.0. The fraction of sp³-hybridized carbons (Fsp3) is 0.160. The number of rotatable bonds is 3. The highest BCUT2D eigenvalue weighted by atomic mass is 19.4. The summed E-state index contributed by atoms with van der Waals surface area (Å²) in [6.07, 6.45) is -8.34. The highest BCUT2D eigenvalue weighted by Gasteiger charge is 2.38. The minimum absolute atomic E-state index is 0.0941. The number of aliphatic carboxylic acids is 2. The van der Waals surface area contributed by atoms with Crippen LogP contribution in [0, 0.1) is 17.3 Å². The summed E-state index contributed by atoms with van der Waals surface area (Å²) in [6.45, 7) is 0. The van der Waals surface area contributed by atoms with Gasteiger partial charge in [0.05, 0.1) is 0 Å². The molecule has 0 aliphatic heterocycles. The molecule has 0 fully saturated rings. The van der Waals surface area contributed by atoms with E-state index >= 15 is 0 Å². The highest BCUT2D eigenvalue weighted by molar-refractivity contribution is 5.99. The van der Waals surface area contributed by atoms with E-state index in [-0.39, 0.29) is 5.84 Å². The molecule has 0 bridgehead atoms. The van der Waals surface area contributed by atoms with Gasteiger partial charge in [-0.15, -0.1) is 0 Å². The van der Waals surface area contributed by atoms with Crippen molar-refractivity contribution in [2.24, 2.45) is 5.73 Å². The molecule has 0 saturated heterocycles. The molecule has 0 unspecified atom stereocenters. The first-order valence-electron chi connectivity index (χ1n) is 10.1. The van der Waals surface area contributed by atoms with Crippen molar-refractivity contribution in [3.8, 4) is 11.8 Å². The van der Waals surface area contributed by atoms with E-state index in [2.05, 4.69) is 42.2 Å². The van der Waals surface area contributed by atoms with Crippen LogP contribution in [-0.4, -0.2) is 40.3 Å². The first-order valence-corrected chi connectivity index (χ1v) is 10.1. The second kappa shape index (κ2) is 13.5. The molecule has 0 aliphatic rings. The van der Waals surface area contributed by atoms with Gasteiger partial charge in [-0.25, -0.2) is 9.59 Å². The van der Waals surface area contributed by atoms with E-state index < -0.39 is 24.3 Å². The quantitative estimate of drug-likeness (QED) is 0.158. The molecule has 0 radical (unpaired) electrons. The zero-order valence-electron chi connectivity index (χ0n) is 18.8. The van der Waals surface area contributed by atoms with E-state index in [1.807, 2.05) is 36.4 Å². The van der Waals surface area contributed by atoms with Crippen molar-refractivity contribution in [3.05, 3.63) is 83.4 Å². The molecule has 0 spiro atoms. The van der Waals surface area contributed by atoms with E-state index in [0.29, 0.717) is 0 Å². The van der Waals surface area contributed by atoms with Gasteiger partial charge in [0.15, 0.2) is 0 Å². The Balaban J connectivity index is 0.000000404. The van der Waals surface area contributed by atoms with Crippen molar-refractivity contribution in [2.75, 3.05) is 0 Å². The topological polar surface area (TPSA) is 124 Å². The third kappa shape index (κ3) is 11.6. The van der Waals surface area contributed by atoms with E-state index in [9.17, 15) is 26.3 Å². The van der Waals surface area contributed by atoms with Crippen LogP contribution in [-0.2, 0) is 16.0 Å². The fourth-order valence-corrected chi connectivity index (χ4v) is 2.51. The highest BCUT2D eigenvalue weighted by Crippen LogP contribution is 2.18. The number of carboxylic acid groups (broad SMARTS) is 2. The average Bonchev–Trinajstić information content (AvgIpc) is 2.81. The van der Waals surface area contributed by atoms with Gasteiger partial charge in [0.25, 0.3) is 0 Å². The van der Waals surface area contributed by atoms with E-state index in [1.54, 1.807) is 0 Å². The number of alkyl halides is 6. The number of hydrogen-bond acceptors (Lipinski definition) is 3. The molecule has 0 aromatic heterocycles. The maximum Gasteiger partial charge on any atom is 0.490 e.